The molecule has 1 aliphatic rings. The first kappa shape index (κ1) is 15.0. The van der Waals surface area contributed by atoms with E-state index in [1.807, 2.05) is 24.3 Å². The Hall–Kier alpha value is -1.88. The summed E-state index contributed by atoms with van der Waals surface area (Å²) in [6, 6.07) is 8.25. The van der Waals surface area contributed by atoms with Gasteiger partial charge in [0.05, 0.1) is 19.2 Å². The third kappa shape index (κ3) is 3.65. The van der Waals surface area contributed by atoms with Crippen LogP contribution in [0.25, 0.3) is 11.5 Å². The van der Waals surface area contributed by atoms with Crippen LogP contribution >= 0.6 is 0 Å². The zero-order chi connectivity index (χ0) is 15.2. The summed E-state index contributed by atoms with van der Waals surface area (Å²) < 4.78 is 11.1. The van der Waals surface area contributed by atoms with Gasteiger partial charge in [0.25, 0.3) is 5.89 Å². The van der Waals surface area contributed by atoms with Crippen LogP contribution in [0.3, 0.4) is 0 Å². The first-order valence-corrected chi connectivity index (χ1v) is 8.06. The highest BCUT2D eigenvalue weighted by Crippen LogP contribution is 2.28. The number of nitrogens with zero attached hydrogens (tertiary/aromatic N) is 2. The largest absolute Gasteiger partial charge is 0.496 e. The minimum Gasteiger partial charge on any atom is -0.496 e. The van der Waals surface area contributed by atoms with Crippen molar-refractivity contribution in [2.24, 2.45) is 0 Å². The summed E-state index contributed by atoms with van der Waals surface area (Å²) in [5, 5.41) is 11.8. The molecule has 5 nitrogen and oxygen atoms in total. The van der Waals surface area contributed by atoms with Crippen molar-refractivity contribution >= 4 is 0 Å². The van der Waals surface area contributed by atoms with Crippen LogP contribution in [0.2, 0.25) is 0 Å². The van der Waals surface area contributed by atoms with Gasteiger partial charge < -0.3 is 14.5 Å². The van der Waals surface area contributed by atoms with Crippen molar-refractivity contribution in [3.8, 4) is 17.2 Å². The topological polar surface area (TPSA) is 60.2 Å². The molecular weight excluding hydrogens is 278 g/mol. The van der Waals surface area contributed by atoms with Gasteiger partial charge in [-0.2, -0.15) is 0 Å². The van der Waals surface area contributed by atoms with Gasteiger partial charge in [0.2, 0.25) is 5.89 Å². The zero-order valence-electron chi connectivity index (χ0n) is 13.0. The van der Waals surface area contributed by atoms with Gasteiger partial charge in [-0.1, -0.05) is 37.8 Å². The van der Waals surface area contributed by atoms with Gasteiger partial charge in [-0.25, -0.2) is 0 Å². The number of hydrogen-bond acceptors (Lipinski definition) is 5. The van der Waals surface area contributed by atoms with E-state index in [-0.39, 0.29) is 0 Å². The summed E-state index contributed by atoms with van der Waals surface area (Å²) in [6.07, 6.45) is 7.83. The molecule has 0 radical (unpaired) electrons. The van der Waals surface area contributed by atoms with Crippen molar-refractivity contribution in [1.82, 2.24) is 15.5 Å². The van der Waals surface area contributed by atoms with E-state index >= 15 is 0 Å². The van der Waals surface area contributed by atoms with Gasteiger partial charge >= 0.3 is 0 Å². The minimum atomic E-state index is 0.509. The molecular formula is C17H23N3O2. The normalized spacial score (nSPS) is 16.4. The van der Waals surface area contributed by atoms with Gasteiger partial charge in [-0.05, 0) is 25.0 Å². The van der Waals surface area contributed by atoms with Crippen molar-refractivity contribution in [2.75, 3.05) is 7.11 Å². The maximum atomic E-state index is 5.77. The molecule has 2 aromatic rings. The van der Waals surface area contributed by atoms with Crippen LogP contribution in [0, 0.1) is 0 Å². The molecule has 5 heteroatoms. The Balaban J connectivity index is 1.63. The van der Waals surface area contributed by atoms with Gasteiger partial charge in [-0.3, -0.25) is 0 Å². The number of methoxy groups -OCH3 is 1. The molecule has 0 amide bonds. The monoisotopic (exact) mass is 301 g/mol. The summed E-state index contributed by atoms with van der Waals surface area (Å²) in [4.78, 5) is 0. The van der Waals surface area contributed by atoms with Crippen LogP contribution in [-0.2, 0) is 6.54 Å². The second-order valence-corrected chi connectivity index (χ2v) is 5.77. The average molecular weight is 301 g/mol. The molecule has 3 rings (SSSR count). The Morgan fingerprint density at radius 3 is 2.68 bits per heavy atom. The molecule has 1 N–H and O–H groups in total. The number of para-hydroxylation sites is 1. The molecule has 0 bridgehead atoms. The lowest BCUT2D eigenvalue weighted by atomic mass is 10.1. The van der Waals surface area contributed by atoms with Crippen molar-refractivity contribution < 1.29 is 9.15 Å². The Kier molecular flexibility index (Phi) is 5.06. The first-order valence-electron chi connectivity index (χ1n) is 8.06. The summed E-state index contributed by atoms with van der Waals surface area (Å²) in [5.41, 5.74) is 0.832. The fourth-order valence-electron chi connectivity index (χ4n) is 2.97. The predicted molar refractivity (Wildman–Crippen MR) is 84.6 cm³/mol. The highest BCUT2D eigenvalue weighted by molar-refractivity contribution is 5.62. The highest BCUT2D eigenvalue weighted by Gasteiger charge is 2.15. The van der Waals surface area contributed by atoms with Crippen molar-refractivity contribution in [1.29, 1.82) is 0 Å². The number of ether oxygens (including phenoxy) is 1. The molecule has 1 aromatic carbocycles. The fourth-order valence-corrected chi connectivity index (χ4v) is 2.97. The Bertz CT molecular complexity index is 589. The van der Waals surface area contributed by atoms with Crippen molar-refractivity contribution in [3.05, 3.63) is 30.2 Å². The zero-order valence-corrected chi connectivity index (χ0v) is 13.0. The molecule has 1 fully saturated rings. The number of benzene rings is 1. The van der Waals surface area contributed by atoms with Crippen LogP contribution in [0.4, 0.5) is 0 Å². The van der Waals surface area contributed by atoms with E-state index in [1.165, 1.54) is 38.5 Å². The van der Waals surface area contributed by atoms with Crippen LogP contribution < -0.4 is 10.1 Å². The molecule has 1 aliphatic carbocycles. The van der Waals surface area contributed by atoms with E-state index in [2.05, 4.69) is 15.5 Å². The van der Waals surface area contributed by atoms with Crippen LogP contribution in [0.15, 0.2) is 28.7 Å². The standard InChI is InChI=1S/C17H23N3O2/c1-21-15-11-7-6-10-14(15)17-20-19-16(22-17)12-18-13-8-4-2-3-5-9-13/h6-7,10-11,13,18H,2-5,8-9,12H2,1H3. The van der Waals surface area contributed by atoms with Gasteiger partial charge in [0.15, 0.2) is 0 Å². The lowest BCUT2D eigenvalue weighted by Gasteiger charge is -2.14. The SMILES string of the molecule is COc1ccccc1-c1nnc(CNC2CCCCCC2)o1. The van der Waals surface area contributed by atoms with Crippen molar-refractivity contribution in [3.63, 3.8) is 0 Å². The van der Waals surface area contributed by atoms with Crippen LogP contribution in [0.1, 0.15) is 44.4 Å². The van der Waals surface area contributed by atoms with E-state index in [9.17, 15) is 0 Å². The number of rotatable bonds is 5. The van der Waals surface area contributed by atoms with E-state index in [1.54, 1.807) is 7.11 Å². The lowest BCUT2D eigenvalue weighted by Crippen LogP contribution is -2.27. The molecule has 22 heavy (non-hydrogen) atoms. The molecule has 1 saturated carbocycles. The quantitative estimate of drug-likeness (QED) is 0.856. The maximum Gasteiger partial charge on any atom is 0.251 e. The summed E-state index contributed by atoms with van der Waals surface area (Å²) in [7, 11) is 1.64. The molecule has 0 saturated heterocycles. The van der Waals surface area contributed by atoms with E-state index in [0.29, 0.717) is 24.4 Å². The summed E-state index contributed by atoms with van der Waals surface area (Å²) in [6.45, 7) is 0.632. The first-order chi connectivity index (χ1) is 10.9. The molecule has 0 aliphatic heterocycles. The Morgan fingerprint density at radius 2 is 1.91 bits per heavy atom. The van der Waals surface area contributed by atoms with Crippen molar-refractivity contribution in [2.45, 2.75) is 51.1 Å². The predicted octanol–water partition coefficient (Wildman–Crippen LogP) is 3.56. The summed E-state index contributed by atoms with van der Waals surface area (Å²) in [5.74, 6) is 1.88. The molecule has 1 heterocycles. The van der Waals surface area contributed by atoms with Crippen LogP contribution in [-0.4, -0.2) is 23.3 Å². The highest BCUT2D eigenvalue weighted by atomic mass is 16.5. The molecule has 0 atom stereocenters. The summed E-state index contributed by atoms with van der Waals surface area (Å²) >= 11 is 0. The van der Waals surface area contributed by atoms with Gasteiger partial charge in [0.1, 0.15) is 5.75 Å². The fraction of sp³-hybridized carbons (Fsp3) is 0.529. The average Bonchev–Trinajstić information content (AvgIpc) is 2.88. The van der Waals surface area contributed by atoms with Gasteiger partial charge in [0, 0.05) is 6.04 Å². The van der Waals surface area contributed by atoms with E-state index in [4.69, 9.17) is 9.15 Å². The molecule has 0 spiro atoms. The van der Waals surface area contributed by atoms with Gasteiger partial charge in [-0.15, -0.1) is 10.2 Å². The smallest absolute Gasteiger partial charge is 0.251 e. The molecule has 0 unspecified atom stereocenters. The third-order valence-corrected chi connectivity index (χ3v) is 4.20. The third-order valence-electron chi connectivity index (χ3n) is 4.20. The number of aromatic nitrogens is 2. The molecule has 1 aromatic heterocycles. The van der Waals surface area contributed by atoms with E-state index in [0.717, 1.165) is 11.3 Å². The minimum absolute atomic E-state index is 0.509. The van der Waals surface area contributed by atoms with E-state index < -0.39 is 0 Å². The second-order valence-electron chi connectivity index (χ2n) is 5.77. The number of nitrogens with one attached hydrogen (secondary N) is 1. The second kappa shape index (κ2) is 7.40. The lowest BCUT2D eigenvalue weighted by molar-refractivity contribution is 0.404. The Labute approximate surface area is 131 Å². The Morgan fingerprint density at radius 1 is 1.14 bits per heavy atom. The maximum absolute atomic E-state index is 5.77. The number of hydrogen-bond donors (Lipinski definition) is 1. The van der Waals surface area contributed by atoms with Crippen LogP contribution in [0.5, 0.6) is 5.75 Å². The molecule has 118 valence electrons.